The van der Waals surface area contributed by atoms with Crippen molar-refractivity contribution in [3.63, 3.8) is 0 Å². The monoisotopic (exact) mass is 483 g/mol. The van der Waals surface area contributed by atoms with Crippen molar-refractivity contribution >= 4 is 29.6 Å². The van der Waals surface area contributed by atoms with Gasteiger partial charge in [-0.1, -0.05) is 30.3 Å². The molecule has 0 heterocycles. The second kappa shape index (κ2) is 14.5. The van der Waals surface area contributed by atoms with Gasteiger partial charge in [0.15, 0.2) is 0 Å². The van der Waals surface area contributed by atoms with Gasteiger partial charge in [-0.15, -0.1) is 0 Å². The van der Waals surface area contributed by atoms with Crippen LogP contribution in [0.2, 0.25) is 0 Å². The Kier molecular flexibility index (Phi) is 12.2. The van der Waals surface area contributed by atoms with Gasteiger partial charge in [0.05, 0.1) is 32.4 Å². The molecule has 0 saturated heterocycles. The van der Waals surface area contributed by atoms with Gasteiger partial charge in [-0.05, 0) is 12.0 Å². The maximum atomic E-state index is 12.3. The lowest BCUT2D eigenvalue weighted by Gasteiger charge is -2.22. The zero-order valence-corrected chi connectivity index (χ0v) is 18.1. The highest BCUT2D eigenvalue weighted by molar-refractivity contribution is 5.94. The maximum absolute atomic E-state index is 12.3. The molecule has 0 radical (unpaired) electrons. The fourth-order valence-corrected chi connectivity index (χ4v) is 2.62. The molecule has 14 heteroatoms. The van der Waals surface area contributed by atoms with Crippen molar-refractivity contribution in [3.05, 3.63) is 35.9 Å². The first-order chi connectivity index (χ1) is 16.1. The number of hydrogen-bond acceptors (Lipinski definition) is 9. The fraction of sp³-hybridized carbons (Fsp3) is 0.450. The number of nitrogens with one attached hydrogen (secondary N) is 4. The van der Waals surface area contributed by atoms with Gasteiger partial charge in [0, 0.05) is 0 Å². The van der Waals surface area contributed by atoms with E-state index in [-0.39, 0.29) is 6.42 Å². The quantitative estimate of drug-likeness (QED) is 0.122. The summed E-state index contributed by atoms with van der Waals surface area (Å²) in [7, 11) is 0. The standard InChI is InChI=1S/C20H29N5O9/c21-12(6-11-4-2-1-3-5-11)17(30)22-7-16(29)23-13(8-26)18(31)24-14(9-27)19(32)25-15(10-28)20(33)34/h1-5,12-15,26-28H,6-10,21H2,(H,22,30)(H,23,29)(H,24,31)(H,25,32)(H,33,34)/t12-,13-,14-,15-/m0/s1. The minimum Gasteiger partial charge on any atom is -0.480 e. The highest BCUT2D eigenvalue weighted by Crippen LogP contribution is 2.01. The van der Waals surface area contributed by atoms with Crippen LogP contribution in [0.25, 0.3) is 0 Å². The summed E-state index contributed by atoms with van der Waals surface area (Å²) in [5.41, 5.74) is 6.63. The predicted octanol–water partition coefficient (Wildman–Crippen LogP) is -4.81. The van der Waals surface area contributed by atoms with Crippen molar-refractivity contribution in [2.24, 2.45) is 5.73 Å². The van der Waals surface area contributed by atoms with E-state index < -0.39 is 80.1 Å². The third-order valence-electron chi connectivity index (χ3n) is 4.51. The summed E-state index contributed by atoms with van der Waals surface area (Å²) in [4.78, 5) is 59.3. The molecular weight excluding hydrogens is 454 g/mol. The van der Waals surface area contributed by atoms with Crippen LogP contribution in [-0.4, -0.2) is 101 Å². The van der Waals surface area contributed by atoms with E-state index in [4.69, 9.17) is 15.9 Å². The molecule has 0 aliphatic carbocycles. The van der Waals surface area contributed by atoms with Crippen LogP contribution < -0.4 is 27.0 Å². The van der Waals surface area contributed by atoms with Crippen LogP contribution in [0, 0.1) is 0 Å². The molecule has 0 fully saturated rings. The number of hydrogen-bond donors (Lipinski definition) is 9. The number of nitrogens with two attached hydrogens (primary N) is 1. The Labute approximate surface area is 194 Å². The van der Waals surface area contributed by atoms with Crippen molar-refractivity contribution in [3.8, 4) is 0 Å². The van der Waals surface area contributed by atoms with Gasteiger partial charge in [-0.25, -0.2) is 4.79 Å². The minimum atomic E-state index is -1.66. The van der Waals surface area contributed by atoms with Crippen LogP contribution in [0.3, 0.4) is 0 Å². The molecule has 0 saturated carbocycles. The largest absolute Gasteiger partial charge is 0.480 e. The highest BCUT2D eigenvalue weighted by Gasteiger charge is 2.28. The van der Waals surface area contributed by atoms with Crippen LogP contribution in [0.15, 0.2) is 30.3 Å². The van der Waals surface area contributed by atoms with Crippen LogP contribution in [0.5, 0.6) is 0 Å². The second-order valence-corrected chi connectivity index (χ2v) is 7.14. The van der Waals surface area contributed by atoms with Gasteiger partial charge in [0.2, 0.25) is 23.6 Å². The number of aliphatic hydroxyl groups excluding tert-OH is 3. The zero-order valence-electron chi connectivity index (χ0n) is 18.1. The molecule has 0 unspecified atom stereocenters. The Balaban J connectivity index is 2.56. The maximum Gasteiger partial charge on any atom is 0.328 e. The lowest BCUT2D eigenvalue weighted by molar-refractivity contribution is -0.143. The summed E-state index contributed by atoms with van der Waals surface area (Å²) in [6.07, 6.45) is 0.236. The third kappa shape index (κ3) is 9.50. The Hall–Kier alpha value is -3.59. The smallest absolute Gasteiger partial charge is 0.328 e. The van der Waals surface area contributed by atoms with Crippen LogP contribution in [-0.2, 0) is 30.4 Å². The first kappa shape index (κ1) is 28.4. The van der Waals surface area contributed by atoms with E-state index in [0.717, 1.165) is 5.56 Å². The number of benzene rings is 1. The molecule has 188 valence electrons. The van der Waals surface area contributed by atoms with E-state index in [1.807, 2.05) is 16.7 Å². The van der Waals surface area contributed by atoms with Crippen LogP contribution >= 0.6 is 0 Å². The number of amides is 4. The molecular formula is C20H29N5O9. The molecule has 14 nitrogen and oxygen atoms in total. The minimum absolute atomic E-state index is 0.236. The second-order valence-electron chi connectivity index (χ2n) is 7.14. The average Bonchev–Trinajstić information content (AvgIpc) is 2.82. The molecule has 1 rings (SSSR count). The Morgan fingerprint density at radius 3 is 1.76 bits per heavy atom. The number of carboxylic acid groups (broad SMARTS) is 1. The van der Waals surface area contributed by atoms with Gasteiger partial charge in [-0.2, -0.15) is 0 Å². The Morgan fingerprint density at radius 1 is 0.765 bits per heavy atom. The van der Waals surface area contributed by atoms with E-state index in [1.165, 1.54) is 0 Å². The lowest BCUT2D eigenvalue weighted by Crippen LogP contribution is -2.58. The number of carboxylic acids is 1. The van der Waals surface area contributed by atoms with E-state index in [9.17, 15) is 34.2 Å². The summed E-state index contributed by atoms with van der Waals surface area (Å²) in [5, 5.41) is 44.9. The molecule has 0 aromatic heterocycles. The van der Waals surface area contributed by atoms with Gasteiger partial charge in [-0.3, -0.25) is 19.2 Å². The summed E-state index contributed by atoms with van der Waals surface area (Å²) in [6, 6.07) is 3.20. The van der Waals surface area contributed by atoms with Crippen LogP contribution in [0.4, 0.5) is 0 Å². The van der Waals surface area contributed by atoms with Gasteiger partial charge < -0.3 is 47.4 Å². The fourth-order valence-electron chi connectivity index (χ4n) is 2.62. The first-order valence-electron chi connectivity index (χ1n) is 10.2. The van der Waals surface area contributed by atoms with Gasteiger partial charge >= 0.3 is 5.97 Å². The summed E-state index contributed by atoms with van der Waals surface area (Å²) < 4.78 is 0. The third-order valence-corrected chi connectivity index (χ3v) is 4.51. The molecule has 0 aliphatic rings. The number of carbonyl (C=O) groups excluding carboxylic acids is 4. The van der Waals surface area contributed by atoms with Crippen molar-refractivity contribution < 1.29 is 44.4 Å². The Morgan fingerprint density at radius 2 is 1.26 bits per heavy atom. The molecule has 34 heavy (non-hydrogen) atoms. The van der Waals surface area contributed by atoms with Crippen molar-refractivity contribution in [1.82, 2.24) is 21.3 Å². The predicted molar refractivity (Wildman–Crippen MR) is 116 cm³/mol. The summed E-state index contributed by atoms with van der Waals surface area (Å²) in [6.45, 7) is -3.29. The van der Waals surface area contributed by atoms with E-state index in [0.29, 0.717) is 0 Å². The molecule has 10 N–H and O–H groups in total. The molecule has 4 atom stereocenters. The SMILES string of the molecule is N[C@@H](Cc1ccccc1)C(=O)NCC(=O)N[C@@H](CO)C(=O)N[C@@H](CO)C(=O)N[C@@H](CO)C(=O)O. The van der Waals surface area contributed by atoms with Crippen molar-refractivity contribution in [2.45, 2.75) is 30.6 Å². The number of aliphatic carboxylic acids is 1. The highest BCUT2D eigenvalue weighted by atomic mass is 16.4. The topological polar surface area (TPSA) is 240 Å². The molecule has 4 amide bonds. The van der Waals surface area contributed by atoms with Gasteiger partial charge in [0.1, 0.15) is 18.1 Å². The first-order valence-corrected chi connectivity index (χ1v) is 10.2. The molecule has 0 aliphatic heterocycles. The summed E-state index contributed by atoms with van der Waals surface area (Å²) in [5.74, 6) is -5.17. The number of carbonyl (C=O) groups is 5. The molecule has 1 aromatic rings. The van der Waals surface area contributed by atoms with Gasteiger partial charge in [0.25, 0.3) is 0 Å². The van der Waals surface area contributed by atoms with E-state index >= 15 is 0 Å². The number of aliphatic hydroxyl groups is 3. The molecule has 1 aromatic carbocycles. The zero-order chi connectivity index (χ0) is 25.7. The van der Waals surface area contributed by atoms with E-state index in [1.54, 1.807) is 24.3 Å². The van der Waals surface area contributed by atoms with Crippen molar-refractivity contribution in [2.75, 3.05) is 26.4 Å². The Bertz CT molecular complexity index is 852. The molecule has 0 spiro atoms. The lowest BCUT2D eigenvalue weighted by atomic mass is 10.1. The molecule has 0 bridgehead atoms. The van der Waals surface area contributed by atoms with Crippen molar-refractivity contribution in [1.29, 1.82) is 0 Å². The average molecular weight is 483 g/mol. The number of rotatable bonds is 14. The summed E-state index contributed by atoms with van der Waals surface area (Å²) >= 11 is 0. The van der Waals surface area contributed by atoms with Crippen LogP contribution in [0.1, 0.15) is 5.56 Å². The van der Waals surface area contributed by atoms with E-state index in [2.05, 4.69) is 10.6 Å². The normalized spacial score (nSPS) is 14.1.